The van der Waals surface area contributed by atoms with E-state index in [1.807, 2.05) is 42.5 Å². The van der Waals surface area contributed by atoms with Crippen molar-refractivity contribution in [1.29, 1.82) is 0 Å². The third-order valence-electron chi connectivity index (χ3n) is 3.07. The van der Waals surface area contributed by atoms with E-state index in [9.17, 15) is 0 Å². The maximum Gasteiger partial charge on any atom is 2.00 e. The van der Waals surface area contributed by atoms with E-state index in [0.29, 0.717) is 0 Å². The summed E-state index contributed by atoms with van der Waals surface area (Å²) in [5.74, 6) is 1.76. The third kappa shape index (κ3) is 8.45. The first kappa shape index (κ1) is 25.0. The number of hydrogen-bond acceptors (Lipinski definition) is 2. The molecule has 0 aliphatic rings. The summed E-state index contributed by atoms with van der Waals surface area (Å²) in [5.41, 5.74) is 0.730. The minimum absolute atomic E-state index is 0. The van der Waals surface area contributed by atoms with Gasteiger partial charge in [0, 0.05) is 11.3 Å². The Labute approximate surface area is 172 Å². The van der Waals surface area contributed by atoms with Gasteiger partial charge in [0.15, 0.2) is 0 Å². The second-order valence-electron chi connectivity index (χ2n) is 5.15. The van der Waals surface area contributed by atoms with Gasteiger partial charge in [-0.25, -0.2) is 0 Å². The summed E-state index contributed by atoms with van der Waals surface area (Å²) in [7, 11) is 1.86. The van der Waals surface area contributed by atoms with Crippen LogP contribution in [0.4, 0.5) is 0 Å². The fourth-order valence-corrected chi connectivity index (χ4v) is 3.76. The van der Waals surface area contributed by atoms with Gasteiger partial charge in [0.2, 0.25) is 0 Å². The van der Waals surface area contributed by atoms with Crippen LogP contribution in [0.5, 0.6) is 11.5 Å². The predicted molar refractivity (Wildman–Crippen MR) is 98.4 cm³/mol. The summed E-state index contributed by atoms with van der Waals surface area (Å²) in [4.78, 5) is 0. The third-order valence-corrected chi connectivity index (χ3v) is 7.61. The predicted octanol–water partition coefficient (Wildman–Crippen LogP) is 0.507. The molecule has 0 aliphatic carbocycles. The average Bonchev–Trinajstić information content (AvgIpc) is 2.56. The molecule has 0 N–H and O–H groups in total. The molecule has 0 spiro atoms. The first-order valence-electron chi connectivity index (χ1n) is 6.75. The zero-order valence-electron chi connectivity index (χ0n) is 14.1. The smallest absolute Gasteiger partial charge is 1.00 e. The maximum atomic E-state index is 5.96. The SMILES string of the molecule is COc1[c-]cccc1.COc1ccccc1[Si](C)(C)CCl.[Br-].[Mg+2]. The summed E-state index contributed by atoms with van der Waals surface area (Å²) in [6.07, 6.45) is 0. The topological polar surface area (TPSA) is 18.5 Å². The Hall–Kier alpha value is -0.207. The molecule has 0 saturated carbocycles. The van der Waals surface area contributed by atoms with Crippen molar-refractivity contribution < 1.29 is 26.5 Å². The second kappa shape index (κ2) is 13.1. The standard InChI is InChI=1S/C10H15ClOSi.C7H7O.BrH.Mg/c1-12-9-6-4-5-7-10(9)13(2,3)8-11;1-8-7-5-3-2-4-6-7;;/h4-7H,8H2,1-3H3;2-5H,1H3;1H;/q;-1;;+2/p-1. The molecule has 0 radical (unpaired) electrons. The molecule has 0 fully saturated rings. The number of rotatable bonds is 4. The number of methoxy groups -OCH3 is 2. The number of hydrogen-bond donors (Lipinski definition) is 0. The molecule has 6 heteroatoms. The first-order chi connectivity index (χ1) is 10.0. The first-order valence-corrected chi connectivity index (χ1v) is 10.5. The molecule has 0 aromatic heterocycles. The van der Waals surface area contributed by atoms with Crippen molar-refractivity contribution >= 4 is 47.9 Å². The van der Waals surface area contributed by atoms with Crippen LogP contribution >= 0.6 is 11.6 Å². The van der Waals surface area contributed by atoms with Crippen molar-refractivity contribution in [1.82, 2.24) is 0 Å². The molecular weight excluding hydrogens is 404 g/mol. The van der Waals surface area contributed by atoms with Crippen molar-refractivity contribution in [3.05, 3.63) is 54.6 Å². The van der Waals surface area contributed by atoms with Crippen molar-refractivity contribution in [2.45, 2.75) is 13.1 Å². The van der Waals surface area contributed by atoms with E-state index in [4.69, 9.17) is 21.1 Å². The quantitative estimate of drug-likeness (QED) is 0.403. The van der Waals surface area contributed by atoms with Gasteiger partial charge in [-0.2, -0.15) is 18.2 Å². The number of halogens is 2. The van der Waals surface area contributed by atoms with E-state index >= 15 is 0 Å². The summed E-state index contributed by atoms with van der Waals surface area (Å²) in [6, 6.07) is 18.5. The number of ether oxygens (including phenoxy) is 2. The summed E-state index contributed by atoms with van der Waals surface area (Å²) in [5, 5.41) is 1.30. The molecule has 0 amide bonds. The largest absolute Gasteiger partial charge is 2.00 e. The Kier molecular flexibility index (Phi) is 14.3. The van der Waals surface area contributed by atoms with Crippen LogP contribution in [0, 0.1) is 6.07 Å². The Bertz CT molecular complexity index is 541. The molecule has 0 bridgehead atoms. The van der Waals surface area contributed by atoms with Crippen LogP contribution in [0.15, 0.2) is 48.5 Å². The number of alkyl halides is 1. The molecule has 0 aliphatic heterocycles. The molecule has 2 rings (SSSR count). The van der Waals surface area contributed by atoms with E-state index < -0.39 is 8.07 Å². The van der Waals surface area contributed by atoms with Gasteiger partial charge in [-0.05, 0) is 11.3 Å². The molecule has 0 unspecified atom stereocenters. The second-order valence-corrected chi connectivity index (χ2v) is 10.5. The van der Waals surface area contributed by atoms with Crippen molar-refractivity contribution in [2.75, 3.05) is 19.7 Å². The van der Waals surface area contributed by atoms with Crippen LogP contribution in [-0.4, -0.2) is 50.8 Å². The average molecular weight is 426 g/mol. The van der Waals surface area contributed by atoms with Gasteiger partial charge in [-0.15, -0.1) is 23.7 Å². The Morgan fingerprint density at radius 3 is 2.04 bits per heavy atom. The van der Waals surface area contributed by atoms with Crippen LogP contribution in [0.3, 0.4) is 0 Å². The summed E-state index contributed by atoms with van der Waals surface area (Å²) in [6.45, 7) is 4.50. The molecule has 0 atom stereocenters. The zero-order chi connectivity index (χ0) is 15.7. The molecule has 2 aromatic carbocycles. The van der Waals surface area contributed by atoms with Gasteiger partial charge < -0.3 is 26.5 Å². The Balaban J connectivity index is 0. The number of para-hydroxylation sites is 2. The Morgan fingerprint density at radius 1 is 1.00 bits per heavy atom. The van der Waals surface area contributed by atoms with Crippen molar-refractivity contribution in [3.63, 3.8) is 0 Å². The molecule has 2 aromatic rings. The van der Waals surface area contributed by atoms with E-state index in [1.54, 1.807) is 14.2 Å². The zero-order valence-corrected chi connectivity index (χ0v) is 18.9. The minimum Gasteiger partial charge on any atom is -1.00 e. The van der Waals surface area contributed by atoms with Gasteiger partial charge >= 0.3 is 23.1 Å². The van der Waals surface area contributed by atoms with Gasteiger partial charge in [0.25, 0.3) is 0 Å². The molecule has 2 nitrogen and oxygen atoms in total. The van der Waals surface area contributed by atoms with Crippen LogP contribution in [-0.2, 0) is 0 Å². The minimum atomic E-state index is -1.48. The van der Waals surface area contributed by atoms with E-state index in [0.717, 1.165) is 17.0 Å². The molecular formula is C17H22BrClMgO2Si. The van der Waals surface area contributed by atoms with Crippen LogP contribution in [0.25, 0.3) is 0 Å². The monoisotopic (exact) mass is 424 g/mol. The van der Waals surface area contributed by atoms with Crippen LogP contribution in [0.2, 0.25) is 13.1 Å². The molecule has 122 valence electrons. The summed E-state index contributed by atoms with van der Waals surface area (Å²) < 4.78 is 10.2. The maximum absolute atomic E-state index is 5.96. The normalized spacial score (nSPS) is 9.43. The number of benzene rings is 2. The van der Waals surface area contributed by atoms with Gasteiger partial charge in [-0.3, -0.25) is 0 Å². The molecule has 0 saturated heterocycles. The fourth-order valence-electron chi connectivity index (χ4n) is 1.78. The van der Waals surface area contributed by atoms with Gasteiger partial charge in [0.05, 0.1) is 14.2 Å². The van der Waals surface area contributed by atoms with E-state index in [2.05, 4.69) is 25.2 Å². The van der Waals surface area contributed by atoms with E-state index in [1.165, 1.54) is 5.19 Å². The summed E-state index contributed by atoms with van der Waals surface area (Å²) >= 11 is 5.96. The van der Waals surface area contributed by atoms with Crippen molar-refractivity contribution in [3.8, 4) is 11.5 Å². The van der Waals surface area contributed by atoms with Crippen LogP contribution < -0.4 is 31.6 Å². The van der Waals surface area contributed by atoms with E-state index in [-0.39, 0.29) is 40.0 Å². The fraction of sp³-hybridized carbons (Fsp3) is 0.294. The molecule has 23 heavy (non-hydrogen) atoms. The van der Waals surface area contributed by atoms with Gasteiger partial charge in [-0.1, -0.05) is 31.3 Å². The van der Waals surface area contributed by atoms with Crippen LogP contribution in [0.1, 0.15) is 0 Å². The van der Waals surface area contributed by atoms with Gasteiger partial charge in [0.1, 0.15) is 13.8 Å². The molecule has 0 heterocycles. The van der Waals surface area contributed by atoms with Crippen molar-refractivity contribution in [2.24, 2.45) is 0 Å². The Morgan fingerprint density at radius 2 is 1.61 bits per heavy atom.